The van der Waals surface area contributed by atoms with E-state index in [1.165, 1.54) is 0 Å². The van der Waals surface area contributed by atoms with Crippen molar-refractivity contribution < 1.29 is 22.4 Å². The predicted molar refractivity (Wildman–Crippen MR) is 68.0 cm³/mol. The molecule has 8 nitrogen and oxygen atoms in total. The summed E-state index contributed by atoms with van der Waals surface area (Å²) < 4.78 is 37.9. The van der Waals surface area contributed by atoms with E-state index in [1.54, 1.807) is 0 Å². The lowest BCUT2D eigenvalue weighted by molar-refractivity contribution is -0.120. The highest BCUT2D eigenvalue weighted by molar-refractivity contribution is 7.89. The molecule has 20 heavy (non-hydrogen) atoms. The zero-order valence-electron chi connectivity index (χ0n) is 10.2. The number of rotatable bonds is 6. The molecule has 2 amide bonds. The number of hydrogen-bond donors (Lipinski definition) is 3. The Kier molecular flexibility index (Phi) is 4.63. The Labute approximate surface area is 114 Å². The second-order valence-electron chi connectivity index (χ2n) is 3.89. The summed E-state index contributed by atoms with van der Waals surface area (Å²) in [6.45, 7) is -1.47. The molecule has 0 bridgehead atoms. The minimum Gasteiger partial charge on any atom is -0.396 e. The fraction of sp³-hybridized carbons (Fsp3) is 0.200. The third-order valence-corrected chi connectivity index (χ3v) is 4.06. The Hall–Kier alpha value is -2.20. The first-order chi connectivity index (χ1) is 9.14. The minimum atomic E-state index is -4.25. The highest BCUT2D eigenvalue weighted by Gasteiger charge is 2.27. The van der Waals surface area contributed by atoms with E-state index in [-0.39, 0.29) is 10.6 Å². The van der Waals surface area contributed by atoms with Crippen LogP contribution in [0, 0.1) is 5.82 Å². The van der Waals surface area contributed by atoms with Gasteiger partial charge in [-0.2, -0.15) is 4.31 Å². The van der Waals surface area contributed by atoms with Crippen molar-refractivity contribution >= 4 is 27.5 Å². The molecule has 0 aliphatic heterocycles. The first kappa shape index (κ1) is 15.9. The maximum absolute atomic E-state index is 13.0. The van der Waals surface area contributed by atoms with Crippen LogP contribution in [0.15, 0.2) is 23.1 Å². The third kappa shape index (κ3) is 3.65. The number of halogens is 1. The third-order valence-electron chi connectivity index (χ3n) is 2.27. The van der Waals surface area contributed by atoms with Crippen LogP contribution in [-0.4, -0.2) is 37.6 Å². The molecule has 0 aliphatic carbocycles. The van der Waals surface area contributed by atoms with Crippen molar-refractivity contribution in [3.05, 3.63) is 24.0 Å². The molecule has 0 fully saturated rings. The van der Waals surface area contributed by atoms with Crippen LogP contribution in [0.5, 0.6) is 0 Å². The number of sulfonamides is 1. The van der Waals surface area contributed by atoms with Gasteiger partial charge in [0.1, 0.15) is 5.82 Å². The average molecular weight is 304 g/mol. The van der Waals surface area contributed by atoms with E-state index in [2.05, 4.69) is 0 Å². The van der Waals surface area contributed by atoms with Gasteiger partial charge in [0.05, 0.1) is 23.7 Å². The number of carbonyl (C=O) groups excluding carboxylic acids is 2. The molecular formula is C10H13FN4O4S. The van der Waals surface area contributed by atoms with E-state index in [0.29, 0.717) is 4.31 Å². The molecule has 0 saturated heterocycles. The fourth-order valence-electron chi connectivity index (χ4n) is 1.40. The molecular weight excluding hydrogens is 291 g/mol. The van der Waals surface area contributed by atoms with Crippen molar-refractivity contribution in [1.82, 2.24) is 4.31 Å². The molecule has 0 spiro atoms. The number of hydrogen-bond acceptors (Lipinski definition) is 5. The predicted octanol–water partition coefficient (Wildman–Crippen LogP) is -1.63. The van der Waals surface area contributed by atoms with Gasteiger partial charge in [0.15, 0.2) is 0 Å². The monoisotopic (exact) mass is 304 g/mol. The lowest BCUT2D eigenvalue weighted by Gasteiger charge is -2.19. The van der Waals surface area contributed by atoms with Gasteiger partial charge in [0.2, 0.25) is 21.8 Å². The lowest BCUT2D eigenvalue weighted by atomic mass is 10.3. The van der Waals surface area contributed by atoms with Gasteiger partial charge in [-0.15, -0.1) is 0 Å². The van der Waals surface area contributed by atoms with E-state index in [0.717, 1.165) is 18.2 Å². The fourth-order valence-corrected chi connectivity index (χ4v) is 2.81. The van der Waals surface area contributed by atoms with Gasteiger partial charge in [0, 0.05) is 0 Å². The number of primary amides is 2. The van der Waals surface area contributed by atoms with Crippen molar-refractivity contribution in [3.8, 4) is 0 Å². The van der Waals surface area contributed by atoms with Crippen LogP contribution in [0.25, 0.3) is 0 Å². The maximum atomic E-state index is 13.0. The number of anilines is 1. The second-order valence-corrected chi connectivity index (χ2v) is 5.83. The number of nitrogens with zero attached hydrogens (tertiary/aromatic N) is 1. The molecule has 0 saturated carbocycles. The molecule has 0 heterocycles. The highest BCUT2D eigenvalue weighted by atomic mass is 32.2. The lowest BCUT2D eigenvalue weighted by Crippen LogP contribution is -2.43. The molecule has 1 aromatic rings. The Balaban J connectivity index is 3.24. The summed E-state index contributed by atoms with van der Waals surface area (Å²) in [6, 6.07) is 2.69. The van der Waals surface area contributed by atoms with Crippen molar-refractivity contribution in [2.24, 2.45) is 11.5 Å². The van der Waals surface area contributed by atoms with Gasteiger partial charge in [-0.1, -0.05) is 0 Å². The molecule has 0 atom stereocenters. The van der Waals surface area contributed by atoms with Crippen LogP contribution in [0.2, 0.25) is 0 Å². The van der Waals surface area contributed by atoms with Crippen LogP contribution in [-0.2, 0) is 19.6 Å². The SMILES string of the molecule is NC(=O)CN(CC(N)=O)S(=O)(=O)c1ccc(F)c(N)c1. The zero-order valence-corrected chi connectivity index (χ0v) is 11.1. The van der Waals surface area contributed by atoms with Crippen LogP contribution in [0.4, 0.5) is 10.1 Å². The quantitative estimate of drug-likeness (QED) is 0.539. The Morgan fingerprint density at radius 1 is 1.15 bits per heavy atom. The molecule has 1 rings (SSSR count). The van der Waals surface area contributed by atoms with Gasteiger partial charge in [0.25, 0.3) is 0 Å². The number of amides is 2. The van der Waals surface area contributed by atoms with E-state index in [1.807, 2.05) is 0 Å². The molecule has 10 heteroatoms. The van der Waals surface area contributed by atoms with E-state index in [4.69, 9.17) is 17.2 Å². The second kappa shape index (κ2) is 5.84. The molecule has 0 aromatic heterocycles. The van der Waals surface area contributed by atoms with Crippen molar-refractivity contribution in [2.75, 3.05) is 18.8 Å². The standard InChI is InChI=1S/C10H13FN4O4S/c11-7-2-1-6(3-8(7)12)20(18,19)15(4-9(13)16)5-10(14)17/h1-3H,4-5,12H2,(H2,13,16)(H2,14,17). The van der Waals surface area contributed by atoms with Crippen LogP contribution in [0.1, 0.15) is 0 Å². The summed E-state index contributed by atoms with van der Waals surface area (Å²) in [4.78, 5) is 21.4. The van der Waals surface area contributed by atoms with Gasteiger partial charge >= 0.3 is 0 Å². The van der Waals surface area contributed by atoms with Gasteiger partial charge in [-0.25, -0.2) is 12.8 Å². The first-order valence-electron chi connectivity index (χ1n) is 5.26. The van der Waals surface area contributed by atoms with Gasteiger partial charge < -0.3 is 17.2 Å². The summed E-state index contributed by atoms with van der Waals surface area (Å²) >= 11 is 0. The molecule has 1 aromatic carbocycles. The number of nitrogens with two attached hydrogens (primary N) is 3. The summed E-state index contributed by atoms with van der Waals surface area (Å²) in [5, 5.41) is 0. The summed E-state index contributed by atoms with van der Waals surface area (Å²) in [5.74, 6) is -2.73. The van der Waals surface area contributed by atoms with E-state index < -0.39 is 40.7 Å². The van der Waals surface area contributed by atoms with Gasteiger partial charge in [-0.3, -0.25) is 9.59 Å². The molecule has 0 unspecified atom stereocenters. The Bertz CT molecular complexity index is 631. The van der Waals surface area contributed by atoms with Crippen LogP contribution in [0.3, 0.4) is 0 Å². The molecule has 0 aliphatic rings. The number of carbonyl (C=O) groups is 2. The maximum Gasteiger partial charge on any atom is 0.244 e. The topological polar surface area (TPSA) is 150 Å². The van der Waals surface area contributed by atoms with E-state index >= 15 is 0 Å². The normalized spacial score (nSPS) is 11.5. The molecule has 6 N–H and O–H groups in total. The van der Waals surface area contributed by atoms with Gasteiger partial charge in [-0.05, 0) is 18.2 Å². The molecule has 110 valence electrons. The Morgan fingerprint density at radius 3 is 2.05 bits per heavy atom. The van der Waals surface area contributed by atoms with E-state index in [9.17, 15) is 22.4 Å². The molecule has 0 radical (unpaired) electrons. The number of nitrogen functional groups attached to an aromatic ring is 1. The highest BCUT2D eigenvalue weighted by Crippen LogP contribution is 2.20. The largest absolute Gasteiger partial charge is 0.396 e. The van der Waals surface area contributed by atoms with Crippen LogP contribution >= 0.6 is 0 Å². The van der Waals surface area contributed by atoms with Crippen LogP contribution < -0.4 is 17.2 Å². The van der Waals surface area contributed by atoms with Crippen molar-refractivity contribution in [2.45, 2.75) is 4.90 Å². The van der Waals surface area contributed by atoms with Crippen molar-refractivity contribution in [1.29, 1.82) is 0 Å². The van der Waals surface area contributed by atoms with Crippen molar-refractivity contribution in [3.63, 3.8) is 0 Å². The smallest absolute Gasteiger partial charge is 0.244 e. The first-order valence-corrected chi connectivity index (χ1v) is 6.70. The average Bonchev–Trinajstić information content (AvgIpc) is 2.30. The summed E-state index contributed by atoms with van der Waals surface area (Å²) in [6.07, 6.45) is 0. The summed E-state index contributed by atoms with van der Waals surface area (Å²) in [5.41, 5.74) is 14.7. The zero-order chi connectivity index (χ0) is 15.5. The minimum absolute atomic E-state index is 0.376. The summed E-state index contributed by atoms with van der Waals surface area (Å²) in [7, 11) is -4.25. The Morgan fingerprint density at radius 2 is 1.65 bits per heavy atom. The number of benzene rings is 1.